The highest BCUT2D eigenvalue weighted by atomic mass is 16.6. The third kappa shape index (κ3) is 3.46. The van der Waals surface area contributed by atoms with E-state index in [1.165, 1.54) is 6.07 Å². The lowest BCUT2D eigenvalue weighted by atomic mass is 10.1. The van der Waals surface area contributed by atoms with Crippen molar-refractivity contribution in [2.24, 2.45) is 5.10 Å². The summed E-state index contributed by atoms with van der Waals surface area (Å²) in [5.74, 6) is -0.596. The van der Waals surface area contributed by atoms with Gasteiger partial charge >= 0.3 is 0 Å². The number of hydrazone groups is 1. The van der Waals surface area contributed by atoms with Gasteiger partial charge in [0.25, 0.3) is 5.91 Å². The van der Waals surface area contributed by atoms with E-state index in [-0.39, 0.29) is 23.1 Å². The molecule has 4 N–H and O–H groups in total. The SMILES string of the molecule is CC(=NNC(=O)c1c(-c2ccccc2)nnn1-c1nonc1N)c1ccccc1O. The summed E-state index contributed by atoms with van der Waals surface area (Å²) in [4.78, 5) is 13.0. The van der Waals surface area contributed by atoms with Gasteiger partial charge in [-0.3, -0.25) is 4.79 Å². The summed E-state index contributed by atoms with van der Waals surface area (Å²) >= 11 is 0. The fourth-order valence-electron chi connectivity index (χ4n) is 2.79. The number of aromatic hydroxyl groups is 1. The van der Waals surface area contributed by atoms with Gasteiger partial charge in [0, 0.05) is 11.1 Å². The number of hydrogen-bond donors (Lipinski definition) is 3. The number of aromatic nitrogens is 5. The number of nitrogens with zero attached hydrogens (tertiary/aromatic N) is 6. The molecule has 0 saturated heterocycles. The number of nitrogens with one attached hydrogen (secondary N) is 1. The van der Waals surface area contributed by atoms with Crippen LogP contribution in [-0.4, -0.2) is 42.0 Å². The normalized spacial score (nSPS) is 11.4. The maximum Gasteiger partial charge on any atom is 0.292 e. The number of para-hydroxylation sites is 1. The molecule has 30 heavy (non-hydrogen) atoms. The lowest BCUT2D eigenvalue weighted by Crippen LogP contribution is -2.23. The van der Waals surface area contributed by atoms with Crippen LogP contribution in [-0.2, 0) is 0 Å². The number of amides is 1. The molecule has 11 heteroatoms. The molecule has 0 saturated carbocycles. The Kier molecular flexibility index (Phi) is 4.91. The Morgan fingerprint density at radius 2 is 1.87 bits per heavy atom. The lowest BCUT2D eigenvalue weighted by molar-refractivity contribution is 0.0947. The predicted molar refractivity (Wildman–Crippen MR) is 107 cm³/mol. The van der Waals surface area contributed by atoms with Crippen LogP contribution < -0.4 is 11.2 Å². The molecule has 4 aromatic rings. The smallest absolute Gasteiger partial charge is 0.292 e. The van der Waals surface area contributed by atoms with Crippen LogP contribution in [0, 0.1) is 0 Å². The Balaban J connectivity index is 1.74. The monoisotopic (exact) mass is 404 g/mol. The minimum atomic E-state index is -0.615. The highest BCUT2D eigenvalue weighted by Crippen LogP contribution is 2.24. The first-order chi connectivity index (χ1) is 14.6. The molecule has 2 heterocycles. The number of rotatable bonds is 5. The molecule has 0 aliphatic carbocycles. The van der Waals surface area contributed by atoms with Gasteiger partial charge in [0.1, 0.15) is 11.4 Å². The summed E-state index contributed by atoms with van der Waals surface area (Å²) in [6, 6.07) is 15.7. The molecule has 2 aromatic heterocycles. The number of benzene rings is 2. The molecule has 2 aromatic carbocycles. The van der Waals surface area contributed by atoms with Crippen molar-refractivity contribution in [1.82, 2.24) is 30.7 Å². The Labute approximate surface area is 169 Å². The molecule has 0 bridgehead atoms. The summed E-state index contributed by atoms with van der Waals surface area (Å²) in [5, 5.41) is 29.4. The van der Waals surface area contributed by atoms with Crippen molar-refractivity contribution in [2.45, 2.75) is 6.92 Å². The van der Waals surface area contributed by atoms with Gasteiger partial charge in [0.05, 0.1) is 5.71 Å². The van der Waals surface area contributed by atoms with Gasteiger partial charge in [-0.1, -0.05) is 47.7 Å². The molecule has 0 atom stereocenters. The van der Waals surface area contributed by atoms with E-state index in [0.29, 0.717) is 22.5 Å². The van der Waals surface area contributed by atoms with E-state index < -0.39 is 5.91 Å². The van der Waals surface area contributed by atoms with E-state index in [1.54, 1.807) is 37.3 Å². The molecule has 0 radical (unpaired) electrons. The molecule has 0 unspecified atom stereocenters. The largest absolute Gasteiger partial charge is 0.507 e. The third-order valence-corrected chi connectivity index (χ3v) is 4.25. The highest BCUT2D eigenvalue weighted by Gasteiger charge is 2.26. The van der Waals surface area contributed by atoms with E-state index in [4.69, 9.17) is 5.73 Å². The van der Waals surface area contributed by atoms with Crippen molar-refractivity contribution in [2.75, 3.05) is 5.73 Å². The van der Waals surface area contributed by atoms with Crippen LogP contribution in [0.25, 0.3) is 17.1 Å². The summed E-state index contributed by atoms with van der Waals surface area (Å²) in [6.45, 7) is 1.66. The lowest BCUT2D eigenvalue weighted by Gasteiger charge is -2.07. The van der Waals surface area contributed by atoms with Gasteiger partial charge in [0.15, 0.2) is 5.69 Å². The number of carbonyl (C=O) groups excluding carboxylic acids is 1. The number of carbonyl (C=O) groups is 1. The summed E-state index contributed by atoms with van der Waals surface area (Å²) < 4.78 is 5.75. The number of phenolic OH excluding ortho intramolecular Hbond substituents is 1. The number of nitrogen functional groups attached to an aromatic ring is 1. The maximum absolute atomic E-state index is 13.0. The van der Waals surface area contributed by atoms with Crippen LogP contribution in [0.2, 0.25) is 0 Å². The standard InChI is InChI=1S/C19H16N8O3/c1-11(13-9-5-6-10-14(13)28)21-23-19(29)16-15(12-7-3-2-4-8-12)22-26-27(16)18-17(20)24-30-25-18/h2-10,28H,1H3,(H2,20,24)(H,23,29). The van der Waals surface area contributed by atoms with Crippen molar-refractivity contribution >= 4 is 17.4 Å². The molecule has 1 amide bonds. The third-order valence-electron chi connectivity index (χ3n) is 4.25. The molecular formula is C19H16N8O3. The van der Waals surface area contributed by atoms with Crippen molar-refractivity contribution < 1.29 is 14.5 Å². The second kappa shape index (κ2) is 7.83. The van der Waals surface area contributed by atoms with Crippen molar-refractivity contribution in [3.8, 4) is 22.8 Å². The van der Waals surface area contributed by atoms with Crippen molar-refractivity contribution in [1.29, 1.82) is 0 Å². The van der Waals surface area contributed by atoms with Gasteiger partial charge in [0.2, 0.25) is 11.6 Å². The average molecular weight is 404 g/mol. The van der Waals surface area contributed by atoms with E-state index in [0.717, 1.165) is 4.68 Å². The van der Waals surface area contributed by atoms with Crippen LogP contribution in [0.1, 0.15) is 23.0 Å². The van der Waals surface area contributed by atoms with Gasteiger partial charge in [-0.2, -0.15) is 9.78 Å². The maximum atomic E-state index is 13.0. The van der Waals surface area contributed by atoms with Gasteiger partial charge < -0.3 is 10.8 Å². The first kappa shape index (κ1) is 18.8. The van der Waals surface area contributed by atoms with Gasteiger partial charge in [-0.05, 0) is 29.4 Å². The molecule has 150 valence electrons. The Morgan fingerprint density at radius 3 is 2.57 bits per heavy atom. The van der Waals surface area contributed by atoms with Crippen molar-refractivity contribution in [3.63, 3.8) is 0 Å². The Morgan fingerprint density at radius 1 is 1.13 bits per heavy atom. The van der Waals surface area contributed by atoms with Crippen molar-refractivity contribution in [3.05, 3.63) is 65.9 Å². The molecule has 0 aliphatic rings. The zero-order valence-corrected chi connectivity index (χ0v) is 15.7. The number of hydrogen-bond acceptors (Lipinski definition) is 9. The second-order valence-electron chi connectivity index (χ2n) is 6.19. The quantitative estimate of drug-likeness (QED) is 0.335. The minimum absolute atomic E-state index is 0.0243. The zero-order chi connectivity index (χ0) is 21.1. The predicted octanol–water partition coefficient (Wildman–Crippen LogP) is 1.76. The molecule has 0 aliphatic heterocycles. The van der Waals surface area contributed by atoms with Crippen LogP contribution >= 0.6 is 0 Å². The first-order valence-corrected chi connectivity index (χ1v) is 8.78. The van der Waals surface area contributed by atoms with Gasteiger partial charge in [-0.25, -0.2) is 10.1 Å². The second-order valence-corrected chi connectivity index (χ2v) is 6.19. The summed E-state index contributed by atoms with van der Waals surface area (Å²) in [6.07, 6.45) is 0. The molecule has 11 nitrogen and oxygen atoms in total. The number of anilines is 1. The van der Waals surface area contributed by atoms with Gasteiger partial charge in [-0.15, -0.1) is 5.10 Å². The molecular weight excluding hydrogens is 388 g/mol. The Hall–Kier alpha value is -4.54. The fraction of sp³-hybridized carbons (Fsp3) is 0.0526. The molecule has 0 fully saturated rings. The van der Waals surface area contributed by atoms with Crippen LogP contribution in [0.3, 0.4) is 0 Å². The minimum Gasteiger partial charge on any atom is -0.507 e. The average Bonchev–Trinajstić information content (AvgIpc) is 3.38. The number of phenols is 1. The van der Waals surface area contributed by atoms with E-state index in [2.05, 4.69) is 35.8 Å². The molecule has 0 spiro atoms. The van der Waals surface area contributed by atoms with Crippen LogP contribution in [0.15, 0.2) is 64.3 Å². The fourth-order valence-corrected chi connectivity index (χ4v) is 2.79. The summed E-state index contributed by atoms with van der Waals surface area (Å²) in [7, 11) is 0. The number of nitrogens with two attached hydrogens (primary N) is 1. The first-order valence-electron chi connectivity index (χ1n) is 8.78. The van der Waals surface area contributed by atoms with E-state index in [9.17, 15) is 9.90 Å². The summed E-state index contributed by atoms with van der Waals surface area (Å²) in [5.41, 5.74) is 10.1. The topological polar surface area (TPSA) is 157 Å². The molecule has 4 rings (SSSR count). The Bertz CT molecular complexity index is 1230. The zero-order valence-electron chi connectivity index (χ0n) is 15.7. The van der Waals surface area contributed by atoms with E-state index in [1.807, 2.05) is 18.2 Å². The highest BCUT2D eigenvalue weighted by molar-refractivity contribution is 6.03. The van der Waals surface area contributed by atoms with E-state index >= 15 is 0 Å². The van der Waals surface area contributed by atoms with Crippen LogP contribution in [0.4, 0.5) is 5.82 Å². The van der Waals surface area contributed by atoms with Crippen LogP contribution in [0.5, 0.6) is 5.75 Å².